The van der Waals surface area contributed by atoms with Gasteiger partial charge < -0.3 is 5.11 Å². The van der Waals surface area contributed by atoms with Gasteiger partial charge in [0.25, 0.3) is 0 Å². The summed E-state index contributed by atoms with van der Waals surface area (Å²) >= 11 is 2.63. The van der Waals surface area contributed by atoms with Crippen molar-refractivity contribution in [3.05, 3.63) is 40.7 Å². The van der Waals surface area contributed by atoms with E-state index in [4.69, 9.17) is 5.11 Å². The summed E-state index contributed by atoms with van der Waals surface area (Å²) in [6.07, 6.45) is 0. The zero-order chi connectivity index (χ0) is 12.4. The molecule has 0 spiro atoms. The van der Waals surface area contributed by atoms with Crippen LogP contribution in [0.4, 0.5) is 4.39 Å². The number of benzene rings is 1. The number of aromatic nitrogens is 1. The molecule has 1 aromatic carbocycles. The van der Waals surface area contributed by atoms with Gasteiger partial charge in [0.1, 0.15) is 5.82 Å². The van der Waals surface area contributed by atoms with Gasteiger partial charge in [0, 0.05) is 11.1 Å². The van der Waals surface area contributed by atoms with Gasteiger partial charge in [0.15, 0.2) is 4.34 Å². The Morgan fingerprint density at radius 1 is 1.53 bits per heavy atom. The number of aromatic carboxylic acids is 1. The monoisotopic (exact) mass is 269 g/mol. The second-order valence-electron chi connectivity index (χ2n) is 3.31. The van der Waals surface area contributed by atoms with Gasteiger partial charge in [-0.25, -0.2) is 14.2 Å². The minimum absolute atomic E-state index is 0.0535. The summed E-state index contributed by atoms with van der Waals surface area (Å²) in [6, 6.07) is 3.86. The molecule has 6 heteroatoms. The van der Waals surface area contributed by atoms with Crippen molar-refractivity contribution in [3.8, 4) is 0 Å². The maximum absolute atomic E-state index is 13.6. The van der Waals surface area contributed by atoms with E-state index in [0.717, 1.165) is 16.1 Å². The molecule has 0 aliphatic heterocycles. The maximum atomic E-state index is 13.6. The molecule has 0 aliphatic rings. The van der Waals surface area contributed by atoms with E-state index >= 15 is 0 Å². The first-order valence-electron chi connectivity index (χ1n) is 4.69. The van der Waals surface area contributed by atoms with Crippen molar-refractivity contribution in [3.63, 3.8) is 0 Å². The van der Waals surface area contributed by atoms with Gasteiger partial charge in [-0.2, -0.15) is 0 Å². The fraction of sp³-hybridized carbons (Fsp3) is 0.0909. The third-order valence-corrected chi connectivity index (χ3v) is 4.08. The van der Waals surface area contributed by atoms with Crippen LogP contribution in [0.1, 0.15) is 16.1 Å². The van der Waals surface area contributed by atoms with Gasteiger partial charge >= 0.3 is 5.97 Å². The molecule has 1 aromatic heterocycles. The Bertz CT molecular complexity index is 568. The third-order valence-electron chi connectivity index (χ3n) is 1.97. The third kappa shape index (κ3) is 2.83. The van der Waals surface area contributed by atoms with E-state index in [0.29, 0.717) is 4.90 Å². The minimum Gasteiger partial charge on any atom is -0.478 e. The SMILES string of the molecule is Cc1csc(Sc2ccc(C(=O)O)cc2F)n1. The molecule has 1 N–H and O–H groups in total. The zero-order valence-corrected chi connectivity index (χ0v) is 10.4. The van der Waals surface area contributed by atoms with Crippen LogP contribution in [0, 0.1) is 12.7 Å². The van der Waals surface area contributed by atoms with Crippen LogP contribution in [0.2, 0.25) is 0 Å². The number of halogens is 1. The van der Waals surface area contributed by atoms with E-state index in [9.17, 15) is 9.18 Å². The number of thiazole rings is 1. The summed E-state index contributed by atoms with van der Waals surface area (Å²) in [5, 5.41) is 10.6. The van der Waals surface area contributed by atoms with Crippen LogP contribution in [0.5, 0.6) is 0 Å². The van der Waals surface area contributed by atoms with Crippen molar-refractivity contribution in [2.24, 2.45) is 0 Å². The molecular weight excluding hydrogens is 261 g/mol. The molecule has 0 saturated heterocycles. The number of hydrogen-bond acceptors (Lipinski definition) is 4. The van der Waals surface area contributed by atoms with Crippen molar-refractivity contribution in [1.29, 1.82) is 0 Å². The smallest absolute Gasteiger partial charge is 0.335 e. The lowest BCUT2D eigenvalue weighted by molar-refractivity contribution is 0.0696. The van der Waals surface area contributed by atoms with Crippen LogP contribution >= 0.6 is 23.1 Å². The average molecular weight is 269 g/mol. The number of hydrogen-bond donors (Lipinski definition) is 1. The standard InChI is InChI=1S/C11H8FNO2S2/c1-6-5-16-11(13-6)17-9-3-2-7(10(14)15)4-8(9)12/h2-5H,1H3,(H,14,15). The zero-order valence-electron chi connectivity index (χ0n) is 8.81. The second kappa shape index (κ2) is 4.85. The maximum Gasteiger partial charge on any atom is 0.335 e. The predicted octanol–water partition coefficient (Wildman–Crippen LogP) is 3.44. The molecule has 2 rings (SSSR count). The van der Waals surface area contributed by atoms with Crippen molar-refractivity contribution in [2.75, 3.05) is 0 Å². The average Bonchev–Trinajstić information content (AvgIpc) is 2.67. The summed E-state index contributed by atoms with van der Waals surface area (Å²) in [7, 11) is 0. The molecule has 3 nitrogen and oxygen atoms in total. The van der Waals surface area contributed by atoms with Crippen molar-refractivity contribution < 1.29 is 14.3 Å². The molecule has 0 saturated carbocycles. The highest BCUT2D eigenvalue weighted by molar-refractivity contribution is 8.01. The number of aryl methyl sites for hydroxylation is 1. The topological polar surface area (TPSA) is 50.2 Å². The van der Waals surface area contributed by atoms with E-state index in [1.807, 2.05) is 12.3 Å². The van der Waals surface area contributed by atoms with Crippen LogP contribution in [-0.4, -0.2) is 16.1 Å². The fourth-order valence-electron chi connectivity index (χ4n) is 1.19. The molecule has 0 radical (unpaired) electrons. The van der Waals surface area contributed by atoms with E-state index in [-0.39, 0.29) is 5.56 Å². The van der Waals surface area contributed by atoms with E-state index < -0.39 is 11.8 Å². The van der Waals surface area contributed by atoms with Gasteiger partial charge in [0.2, 0.25) is 0 Å². The Hall–Kier alpha value is -1.40. The molecule has 0 aliphatic carbocycles. The molecule has 0 bridgehead atoms. The number of rotatable bonds is 3. The molecule has 17 heavy (non-hydrogen) atoms. The largest absolute Gasteiger partial charge is 0.478 e. The van der Waals surface area contributed by atoms with Gasteiger partial charge in [-0.3, -0.25) is 0 Å². The number of carboxylic acids is 1. The minimum atomic E-state index is -1.13. The van der Waals surface area contributed by atoms with E-state index in [1.165, 1.54) is 35.2 Å². The summed E-state index contributed by atoms with van der Waals surface area (Å²) < 4.78 is 14.3. The van der Waals surface area contributed by atoms with Crippen LogP contribution in [0.25, 0.3) is 0 Å². The van der Waals surface area contributed by atoms with Crippen LogP contribution in [-0.2, 0) is 0 Å². The first-order valence-corrected chi connectivity index (χ1v) is 6.38. The Balaban J connectivity index is 2.25. The Labute approximate surface area is 105 Å². The highest BCUT2D eigenvalue weighted by Crippen LogP contribution is 2.32. The van der Waals surface area contributed by atoms with E-state index in [1.54, 1.807) is 0 Å². The molecule has 2 aromatic rings. The summed E-state index contributed by atoms with van der Waals surface area (Å²) in [5.74, 6) is -1.67. The van der Waals surface area contributed by atoms with Gasteiger partial charge in [-0.15, -0.1) is 11.3 Å². The second-order valence-corrected chi connectivity index (χ2v) is 5.45. The number of carbonyl (C=O) groups is 1. The molecule has 0 amide bonds. The Morgan fingerprint density at radius 2 is 2.29 bits per heavy atom. The van der Waals surface area contributed by atoms with Crippen molar-refractivity contribution >= 4 is 29.1 Å². The number of carboxylic acid groups (broad SMARTS) is 1. The summed E-state index contributed by atoms with van der Waals surface area (Å²) in [6.45, 7) is 1.87. The van der Waals surface area contributed by atoms with Gasteiger partial charge in [0.05, 0.1) is 10.5 Å². The lowest BCUT2D eigenvalue weighted by Gasteiger charge is -2.01. The Kier molecular flexibility index (Phi) is 3.44. The highest BCUT2D eigenvalue weighted by Gasteiger charge is 2.10. The molecule has 0 unspecified atom stereocenters. The first-order chi connectivity index (χ1) is 8.06. The Morgan fingerprint density at radius 3 is 2.82 bits per heavy atom. The van der Waals surface area contributed by atoms with Gasteiger partial charge in [-0.1, -0.05) is 11.8 Å². The summed E-state index contributed by atoms with van der Waals surface area (Å²) in [5.41, 5.74) is 0.835. The van der Waals surface area contributed by atoms with E-state index in [2.05, 4.69) is 4.98 Å². The lowest BCUT2D eigenvalue weighted by Crippen LogP contribution is -1.97. The van der Waals surface area contributed by atoms with Crippen LogP contribution in [0.15, 0.2) is 32.8 Å². The van der Waals surface area contributed by atoms with Crippen LogP contribution in [0.3, 0.4) is 0 Å². The van der Waals surface area contributed by atoms with Crippen LogP contribution < -0.4 is 0 Å². The predicted molar refractivity (Wildman–Crippen MR) is 64.3 cm³/mol. The van der Waals surface area contributed by atoms with Gasteiger partial charge in [-0.05, 0) is 25.1 Å². The molecule has 88 valence electrons. The molecule has 1 heterocycles. The molecule has 0 atom stereocenters. The quantitative estimate of drug-likeness (QED) is 0.927. The normalized spacial score (nSPS) is 10.5. The fourth-order valence-corrected chi connectivity index (χ4v) is 2.99. The van der Waals surface area contributed by atoms with Crippen molar-refractivity contribution in [2.45, 2.75) is 16.2 Å². The first kappa shape index (κ1) is 12.1. The molecule has 0 fully saturated rings. The lowest BCUT2D eigenvalue weighted by atomic mass is 10.2. The van der Waals surface area contributed by atoms with Crippen molar-refractivity contribution in [1.82, 2.24) is 4.98 Å². The number of nitrogens with zero attached hydrogens (tertiary/aromatic N) is 1. The molecular formula is C11H8FNO2S2. The summed E-state index contributed by atoms with van der Waals surface area (Å²) in [4.78, 5) is 15.2. The highest BCUT2D eigenvalue weighted by atomic mass is 32.2.